The third-order valence-corrected chi connectivity index (χ3v) is 3.93. The molecule has 17 heavy (non-hydrogen) atoms. The zero-order valence-electron chi connectivity index (χ0n) is 9.48. The molecule has 2 N–H and O–H groups in total. The Balaban J connectivity index is 2.57. The number of H-pyrrole nitrogens is 1. The van der Waals surface area contributed by atoms with E-state index in [0.717, 1.165) is 30.3 Å². The summed E-state index contributed by atoms with van der Waals surface area (Å²) in [5.41, 5.74) is 3.44. The summed E-state index contributed by atoms with van der Waals surface area (Å²) in [7, 11) is 0. The molecule has 0 spiro atoms. The van der Waals surface area contributed by atoms with Crippen LogP contribution in [0.5, 0.6) is 0 Å². The summed E-state index contributed by atoms with van der Waals surface area (Å²) in [6.07, 6.45) is 1.87. The molecule has 0 radical (unpaired) electrons. The van der Waals surface area contributed by atoms with Gasteiger partial charge in [0.2, 0.25) is 0 Å². The predicted molar refractivity (Wildman–Crippen MR) is 78.4 cm³/mol. The Bertz CT molecular complexity index is 537. The molecule has 0 aliphatic rings. The summed E-state index contributed by atoms with van der Waals surface area (Å²) in [6.45, 7) is 2.96. The zero-order chi connectivity index (χ0) is 12.4. The Kier molecular flexibility index (Phi) is 4.26. The van der Waals surface area contributed by atoms with E-state index < -0.39 is 0 Å². The fourth-order valence-corrected chi connectivity index (χ4v) is 2.59. The molecule has 2 rings (SSSR count). The predicted octanol–water partition coefficient (Wildman–Crippen LogP) is 4.01. The lowest BCUT2D eigenvalue weighted by molar-refractivity contribution is 0.875. The van der Waals surface area contributed by atoms with Crippen molar-refractivity contribution in [3.63, 3.8) is 0 Å². The van der Waals surface area contributed by atoms with Crippen LogP contribution in [0.25, 0.3) is 10.9 Å². The summed E-state index contributed by atoms with van der Waals surface area (Å²) in [5.74, 6) is 0. The number of nitrogens with one attached hydrogen (secondary N) is 2. The highest BCUT2D eigenvalue weighted by molar-refractivity contribution is 7.78. The number of fused-ring (bicyclic) bond motifs is 1. The van der Waals surface area contributed by atoms with Crippen LogP contribution in [0.4, 0.5) is 0 Å². The first-order chi connectivity index (χ1) is 8.19. The van der Waals surface area contributed by atoms with E-state index >= 15 is 0 Å². The number of aromatic amines is 1. The topological polar surface area (TPSA) is 27.8 Å². The van der Waals surface area contributed by atoms with Crippen molar-refractivity contribution in [2.45, 2.75) is 19.8 Å². The number of benzene rings is 1. The van der Waals surface area contributed by atoms with Crippen LogP contribution in [0.15, 0.2) is 12.1 Å². The first-order valence-corrected chi connectivity index (χ1v) is 6.73. The Morgan fingerprint density at radius 1 is 1.35 bits per heavy atom. The second-order valence-electron chi connectivity index (χ2n) is 3.88. The number of aryl methyl sites for hydroxylation is 1. The van der Waals surface area contributed by atoms with Crippen molar-refractivity contribution in [1.82, 2.24) is 9.71 Å². The Labute approximate surface area is 116 Å². The number of hydrogen-bond donors (Lipinski definition) is 3. The molecule has 0 saturated carbocycles. The second kappa shape index (κ2) is 5.53. The van der Waals surface area contributed by atoms with Gasteiger partial charge in [-0.05, 0) is 18.1 Å². The fourth-order valence-electron chi connectivity index (χ4n) is 2.11. The SMILES string of the molecule is CCc1c(CCNS)[nH]c2c(Cl)c(Cl)ccc12. The van der Waals surface area contributed by atoms with Gasteiger partial charge < -0.3 is 4.98 Å². The van der Waals surface area contributed by atoms with Gasteiger partial charge in [-0.2, -0.15) is 0 Å². The van der Waals surface area contributed by atoms with Crippen LogP contribution in [0, 0.1) is 0 Å². The van der Waals surface area contributed by atoms with Gasteiger partial charge in [0, 0.05) is 24.0 Å². The van der Waals surface area contributed by atoms with Gasteiger partial charge in [-0.1, -0.05) is 49.0 Å². The Morgan fingerprint density at radius 3 is 2.76 bits per heavy atom. The van der Waals surface area contributed by atoms with Crippen molar-refractivity contribution in [3.05, 3.63) is 33.4 Å². The average Bonchev–Trinajstić information content (AvgIpc) is 2.69. The van der Waals surface area contributed by atoms with Gasteiger partial charge in [0.25, 0.3) is 0 Å². The van der Waals surface area contributed by atoms with E-state index in [0.29, 0.717) is 10.0 Å². The summed E-state index contributed by atoms with van der Waals surface area (Å²) in [6, 6.07) is 3.87. The standard InChI is InChI=1S/C12H14Cl2N2S/c1-2-7-8-3-4-9(13)11(14)12(8)16-10(7)5-6-15-17/h3-4,15-17H,2,5-6H2,1H3. The highest BCUT2D eigenvalue weighted by Crippen LogP contribution is 2.33. The number of rotatable bonds is 4. The first-order valence-electron chi connectivity index (χ1n) is 5.53. The summed E-state index contributed by atoms with van der Waals surface area (Å²) >= 11 is 16.2. The van der Waals surface area contributed by atoms with Crippen molar-refractivity contribution in [3.8, 4) is 0 Å². The van der Waals surface area contributed by atoms with E-state index in [2.05, 4.69) is 29.4 Å². The Morgan fingerprint density at radius 2 is 2.12 bits per heavy atom. The monoisotopic (exact) mass is 288 g/mol. The van der Waals surface area contributed by atoms with Crippen molar-refractivity contribution in [1.29, 1.82) is 0 Å². The summed E-state index contributed by atoms with van der Waals surface area (Å²) < 4.78 is 2.85. The number of halogens is 2. The molecule has 0 aliphatic heterocycles. The normalized spacial score (nSPS) is 11.3. The molecule has 1 aromatic heterocycles. The largest absolute Gasteiger partial charge is 0.357 e. The van der Waals surface area contributed by atoms with Crippen molar-refractivity contribution >= 4 is 46.9 Å². The van der Waals surface area contributed by atoms with Crippen molar-refractivity contribution in [2.24, 2.45) is 0 Å². The molecule has 2 nitrogen and oxygen atoms in total. The lowest BCUT2D eigenvalue weighted by Gasteiger charge is -2.01. The second-order valence-corrected chi connectivity index (χ2v) is 4.98. The van der Waals surface area contributed by atoms with Gasteiger partial charge >= 0.3 is 0 Å². The highest BCUT2D eigenvalue weighted by atomic mass is 35.5. The molecule has 1 heterocycles. The molecule has 0 aliphatic carbocycles. The molecule has 0 amide bonds. The lowest BCUT2D eigenvalue weighted by Crippen LogP contribution is -2.06. The summed E-state index contributed by atoms with van der Waals surface area (Å²) in [5, 5.41) is 2.35. The molecule has 1 aromatic carbocycles. The third-order valence-electron chi connectivity index (χ3n) is 2.90. The minimum atomic E-state index is 0.585. The van der Waals surface area contributed by atoms with E-state index in [-0.39, 0.29) is 0 Å². The van der Waals surface area contributed by atoms with E-state index in [1.54, 1.807) is 0 Å². The van der Waals surface area contributed by atoms with Crippen LogP contribution in [0.1, 0.15) is 18.2 Å². The maximum absolute atomic E-state index is 6.21. The number of aromatic nitrogens is 1. The lowest BCUT2D eigenvalue weighted by atomic mass is 10.1. The van der Waals surface area contributed by atoms with Crippen molar-refractivity contribution in [2.75, 3.05) is 6.54 Å². The van der Waals surface area contributed by atoms with Crippen LogP contribution in [0.2, 0.25) is 10.0 Å². The van der Waals surface area contributed by atoms with Crippen LogP contribution in [-0.2, 0) is 12.8 Å². The maximum Gasteiger partial charge on any atom is 0.0833 e. The number of thiol groups is 1. The molecule has 0 fully saturated rings. The van der Waals surface area contributed by atoms with Crippen LogP contribution in [0.3, 0.4) is 0 Å². The molecule has 92 valence electrons. The minimum Gasteiger partial charge on any atom is -0.357 e. The minimum absolute atomic E-state index is 0.585. The fraction of sp³-hybridized carbons (Fsp3) is 0.333. The van der Waals surface area contributed by atoms with E-state index in [1.807, 2.05) is 12.1 Å². The van der Waals surface area contributed by atoms with Gasteiger partial charge in [-0.3, -0.25) is 4.72 Å². The molecule has 2 aromatic rings. The molecular formula is C12H14Cl2N2S. The van der Waals surface area contributed by atoms with Gasteiger partial charge in [0.05, 0.1) is 15.6 Å². The molecule has 0 atom stereocenters. The average molecular weight is 289 g/mol. The van der Waals surface area contributed by atoms with Crippen LogP contribution >= 0.6 is 36.0 Å². The molecule has 0 unspecified atom stereocenters. The van der Waals surface area contributed by atoms with E-state index in [1.165, 1.54) is 11.3 Å². The van der Waals surface area contributed by atoms with E-state index in [4.69, 9.17) is 23.2 Å². The van der Waals surface area contributed by atoms with Gasteiger partial charge in [-0.25, -0.2) is 0 Å². The highest BCUT2D eigenvalue weighted by Gasteiger charge is 2.13. The van der Waals surface area contributed by atoms with Gasteiger partial charge in [0.15, 0.2) is 0 Å². The molecule has 0 saturated heterocycles. The van der Waals surface area contributed by atoms with Crippen molar-refractivity contribution < 1.29 is 0 Å². The molecular weight excluding hydrogens is 275 g/mol. The smallest absolute Gasteiger partial charge is 0.0833 e. The van der Waals surface area contributed by atoms with Gasteiger partial charge in [-0.15, -0.1) is 0 Å². The van der Waals surface area contributed by atoms with Gasteiger partial charge in [0.1, 0.15) is 0 Å². The third kappa shape index (κ3) is 2.43. The quantitative estimate of drug-likeness (QED) is 0.729. The van der Waals surface area contributed by atoms with E-state index in [9.17, 15) is 0 Å². The van der Waals surface area contributed by atoms with Crippen LogP contribution in [-0.4, -0.2) is 11.5 Å². The van der Waals surface area contributed by atoms with Crippen LogP contribution < -0.4 is 4.72 Å². The number of hydrogen-bond acceptors (Lipinski definition) is 2. The maximum atomic E-state index is 6.21. The zero-order valence-corrected chi connectivity index (χ0v) is 11.9. The molecule has 5 heteroatoms. The Hall–Kier alpha value is -0.350. The summed E-state index contributed by atoms with van der Waals surface area (Å²) in [4.78, 5) is 3.37. The first kappa shape index (κ1) is 13.1. The molecule has 0 bridgehead atoms.